The number of anilines is 1. The van der Waals surface area contributed by atoms with Crippen molar-refractivity contribution >= 4 is 22.6 Å². The summed E-state index contributed by atoms with van der Waals surface area (Å²) in [5.74, 6) is 2.44. The second-order valence-corrected chi connectivity index (χ2v) is 10.3. The first-order valence-corrected chi connectivity index (χ1v) is 13.6. The highest BCUT2D eigenvalue weighted by atomic mass is 19.1. The minimum atomic E-state index is -0.317. The lowest BCUT2D eigenvalue weighted by Gasteiger charge is -2.35. The molecule has 4 aromatic rings. The van der Waals surface area contributed by atoms with E-state index < -0.39 is 0 Å². The van der Waals surface area contributed by atoms with Gasteiger partial charge >= 0.3 is 0 Å². The molecule has 202 valence electrons. The standard InChI is InChI=1S/C31H33FN4O3/c1-4-19-15-23(22-7-5-6-8-26(22)38-2)24-17-25(34-29(24)28(19)32)31(37)36-13-11-35(12-14-36)30-27(39-3)16-21(18-33-30)20-9-10-20/h5-8,15-18,20,34H,4,9-14H2,1-3H3. The van der Waals surface area contributed by atoms with Gasteiger partial charge in [0.2, 0.25) is 0 Å². The van der Waals surface area contributed by atoms with Gasteiger partial charge in [0.25, 0.3) is 5.91 Å². The van der Waals surface area contributed by atoms with E-state index in [0.29, 0.717) is 66.4 Å². The van der Waals surface area contributed by atoms with Crippen molar-refractivity contribution < 1.29 is 18.7 Å². The van der Waals surface area contributed by atoms with Crippen molar-refractivity contribution in [2.45, 2.75) is 32.1 Å². The number of para-hydroxylation sites is 1. The van der Waals surface area contributed by atoms with Crippen molar-refractivity contribution in [2.75, 3.05) is 45.3 Å². The number of piperazine rings is 1. The molecule has 3 heterocycles. The number of aromatic nitrogens is 2. The molecule has 2 aromatic heterocycles. The maximum absolute atomic E-state index is 15.4. The van der Waals surface area contributed by atoms with E-state index in [4.69, 9.17) is 14.5 Å². The minimum Gasteiger partial charge on any atom is -0.496 e. The Hall–Kier alpha value is -4.07. The molecule has 0 radical (unpaired) electrons. The zero-order chi connectivity index (χ0) is 27.1. The largest absolute Gasteiger partial charge is 0.496 e. The van der Waals surface area contributed by atoms with Crippen LogP contribution < -0.4 is 14.4 Å². The molecular weight excluding hydrogens is 495 g/mol. The molecule has 1 N–H and O–H groups in total. The van der Waals surface area contributed by atoms with Crippen LogP contribution in [0.25, 0.3) is 22.0 Å². The van der Waals surface area contributed by atoms with Crippen molar-refractivity contribution in [3.63, 3.8) is 0 Å². The van der Waals surface area contributed by atoms with Gasteiger partial charge < -0.3 is 24.3 Å². The number of carbonyl (C=O) groups excluding carboxylic acids is 1. The topological polar surface area (TPSA) is 70.7 Å². The number of H-pyrrole nitrogens is 1. The SMILES string of the molecule is CCc1cc(-c2ccccc2OC)c2cc(C(=O)N3CCN(c4ncc(C5CC5)cc4OC)CC3)[nH]c2c1F. The van der Waals surface area contributed by atoms with E-state index in [1.165, 1.54) is 18.4 Å². The first-order chi connectivity index (χ1) is 19.0. The molecule has 2 aliphatic rings. The van der Waals surface area contributed by atoms with E-state index in [1.807, 2.05) is 48.4 Å². The Labute approximate surface area is 227 Å². The van der Waals surface area contributed by atoms with Gasteiger partial charge in [0, 0.05) is 43.3 Å². The molecular formula is C31H33FN4O3. The van der Waals surface area contributed by atoms with Gasteiger partial charge in [-0.1, -0.05) is 25.1 Å². The number of carbonyl (C=O) groups is 1. The highest BCUT2D eigenvalue weighted by Gasteiger charge is 2.29. The number of aromatic amines is 1. The summed E-state index contributed by atoms with van der Waals surface area (Å²) in [5, 5.41) is 0.667. The van der Waals surface area contributed by atoms with Crippen LogP contribution in [0.15, 0.2) is 48.7 Å². The van der Waals surface area contributed by atoms with E-state index in [0.717, 1.165) is 22.7 Å². The molecule has 1 aliphatic carbocycles. The van der Waals surface area contributed by atoms with E-state index >= 15 is 4.39 Å². The van der Waals surface area contributed by atoms with Gasteiger partial charge in [-0.25, -0.2) is 9.37 Å². The summed E-state index contributed by atoms with van der Waals surface area (Å²) in [5.41, 5.74) is 4.25. The van der Waals surface area contributed by atoms with Gasteiger partial charge in [-0.2, -0.15) is 0 Å². The summed E-state index contributed by atoms with van der Waals surface area (Å²) in [6.07, 6.45) is 4.91. The number of pyridine rings is 1. The summed E-state index contributed by atoms with van der Waals surface area (Å²) >= 11 is 0. The van der Waals surface area contributed by atoms with Crippen LogP contribution >= 0.6 is 0 Å². The van der Waals surface area contributed by atoms with Gasteiger partial charge in [0.1, 0.15) is 17.3 Å². The average molecular weight is 529 g/mol. The number of rotatable bonds is 7. The molecule has 7 nitrogen and oxygen atoms in total. The lowest BCUT2D eigenvalue weighted by Crippen LogP contribution is -2.49. The predicted octanol–water partition coefficient (Wildman–Crippen LogP) is 5.79. The van der Waals surface area contributed by atoms with E-state index in [-0.39, 0.29) is 11.7 Å². The second-order valence-electron chi connectivity index (χ2n) is 10.3. The Morgan fingerprint density at radius 3 is 2.46 bits per heavy atom. The molecule has 39 heavy (non-hydrogen) atoms. The molecule has 1 saturated heterocycles. The highest BCUT2D eigenvalue weighted by Crippen LogP contribution is 2.42. The molecule has 8 heteroatoms. The molecule has 2 aromatic carbocycles. The summed E-state index contributed by atoms with van der Waals surface area (Å²) in [6, 6.07) is 13.4. The summed E-state index contributed by atoms with van der Waals surface area (Å²) in [4.78, 5) is 25.4. The molecule has 1 aliphatic heterocycles. The number of benzene rings is 2. The Morgan fingerprint density at radius 1 is 1.03 bits per heavy atom. The number of nitrogens with zero attached hydrogens (tertiary/aromatic N) is 3. The zero-order valence-electron chi connectivity index (χ0n) is 22.6. The van der Waals surface area contributed by atoms with Crippen LogP contribution in [-0.4, -0.2) is 61.2 Å². The molecule has 0 atom stereocenters. The van der Waals surface area contributed by atoms with Crippen molar-refractivity contribution in [3.05, 3.63) is 71.3 Å². The van der Waals surface area contributed by atoms with Crippen LogP contribution in [0, 0.1) is 5.82 Å². The Morgan fingerprint density at radius 2 is 1.77 bits per heavy atom. The monoisotopic (exact) mass is 528 g/mol. The van der Waals surface area contributed by atoms with E-state index in [1.54, 1.807) is 20.3 Å². The predicted molar refractivity (Wildman–Crippen MR) is 151 cm³/mol. The quantitative estimate of drug-likeness (QED) is 0.329. The van der Waals surface area contributed by atoms with Gasteiger partial charge in [0.15, 0.2) is 11.6 Å². The maximum Gasteiger partial charge on any atom is 0.270 e. The first-order valence-electron chi connectivity index (χ1n) is 13.6. The van der Waals surface area contributed by atoms with E-state index in [2.05, 4.69) is 16.0 Å². The Balaban J connectivity index is 1.26. The highest BCUT2D eigenvalue weighted by molar-refractivity contribution is 6.04. The molecule has 2 fully saturated rings. The zero-order valence-corrected chi connectivity index (χ0v) is 22.6. The number of ether oxygens (including phenoxy) is 2. The third-order valence-electron chi connectivity index (χ3n) is 7.93. The van der Waals surface area contributed by atoms with Crippen LogP contribution in [0.2, 0.25) is 0 Å². The van der Waals surface area contributed by atoms with E-state index in [9.17, 15) is 4.79 Å². The molecule has 1 amide bonds. The third kappa shape index (κ3) is 4.58. The molecule has 6 rings (SSSR count). The molecule has 1 saturated carbocycles. The number of amides is 1. The van der Waals surface area contributed by atoms with Crippen molar-refractivity contribution in [1.82, 2.24) is 14.9 Å². The van der Waals surface area contributed by atoms with Gasteiger partial charge in [-0.3, -0.25) is 4.79 Å². The molecule has 0 spiro atoms. The fourth-order valence-electron chi connectivity index (χ4n) is 5.55. The summed E-state index contributed by atoms with van der Waals surface area (Å²) in [6.45, 7) is 4.27. The summed E-state index contributed by atoms with van der Waals surface area (Å²) in [7, 11) is 3.30. The maximum atomic E-state index is 15.4. The lowest BCUT2D eigenvalue weighted by atomic mass is 9.96. The van der Waals surface area contributed by atoms with Crippen LogP contribution in [0.4, 0.5) is 10.2 Å². The second kappa shape index (κ2) is 10.2. The van der Waals surface area contributed by atoms with Crippen molar-refractivity contribution in [1.29, 1.82) is 0 Å². The number of halogens is 1. The van der Waals surface area contributed by atoms with Crippen LogP contribution in [0.1, 0.15) is 47.3 Å². The normalized spacial score (nSPS) is 15.6. The van der Waals surface area contributed by atoms with Gasteiger partial charge in [0.05, 0.1) is 19.7 Å². The smallest absolute Gasteiger partial charge is 0.270 e. The number of fused-ring (bicyclic) bond motifs is 1. The third-order valence-corrected chi connectivity index (χ3v) is 7.93. The fourth-order valence-corrected chi connectivity index (χ4v) is 5.55. The lowest BCUT2D eigenvalue weighted by molar-refractivity contribution is 0.0741. The van der Waals surface area contributed by atoms with Gasteiger partial charge in [-0.05, 0) is 66.1 Å². The number of hydrogen-bond acceptors (Lipinski definition) is 5. The minimum absolute atomic E-state index is 0.140. The number of methoxy groups -OCH3 is 2. The van der Waals surface area contributed by atoms with Crippen LogP contribution in [0.5, 0.6) is 11.5 Å². The van der Waals surface area contributed by atoms with Crippen LogP contribution in [0.3, 0.4) is 0 Å². The first kappa shape index (κ1) is 25.2. The van der Waals surface area contributed by atoms with Crippen LogP contribution in [-0.2, 0) is 6.42 Å². The number of hydrogen-bond donors (Lipinski definition) is 1. The molecule has 0 unspecified atom stereocenters. The Bertz CT molecular complexity index is 1540. The number of aryl methyl sites for hydroxylation is 1. The summed E-state index contributed by atoms with van der Waals surface area (Å²) < 4.78 is 26.7. The Kier molecular flexibility index (Phi) is 6.62. The van der Waals surface area contributed by atoms with Crippen molar-refractivity contribution in [3.8, 4) is 22.6 Å². The fraction of sp³-hybridized carbons (Fsp3) is 0.355. The average Bonchev–Trinajstić information content (AvgIpc) is 3.74. The van der Waals surface area contributed by atoms with Crippen molar-refractivity contribution in [2.24, 2.45) is 0 Å². The van der Waals surface area contributed by atoms with Gasteiger partial charge in [-0.15, -0.1) is 0 Å². The number of nitrogens with one attached hydrogen (secondary N) is 1. The molecule has 0 bridgehead atoms.